The van der Waals surface area contributed by atoms with E-state index in [1.165, 1.54) is 11.0 Å². The van der Waals surface area contributed by atoms with Crippen LogP contribution in [-0.2, 0) is 10.3 Å². The molecule has 0 radical (unpaired) electrons. The molecule has 0 aromatic heterocycles. The second-order valence-electron chi connectivity index (χ2n) is 10.9. The van der Waals surface area contributed by atoms with Crippen LogP contribution in [0.3, 0.4) is 0 Å². The molecule has 41 heavy (non-hydrogen) atoms. The molecule has 1 saturated carbocycles. The first kappa shape index (κ1) is 28.6. The molecule has 1 heterocycles. The highest BCUT2D eigenvalue weighted by Crippen LogP contribution is 2.40. The summed E-state index contributed by atoms with van der Waals surface area (Å²) in [7, 11) is 0. The average Bonchev–Trinajstić information content (AvgIpc) is 3.72. The van der Waals surface area contributed by atoms with Crippen LogP contribution in [0.1, 0.15) is 48.8 Å². The highest BCUT2D eigenvalue weighted by Gasteiger charge is 2.39. The van der Waals surface area contributed by atoms with Crippen LogP contribution in [0.4, 0.5) is 20.6 Å². The summed E-state index contributed by atoms with van der Waals surface area (Å²) in [6.07, 6.45) is 4.03. The maximum absolute atomic E-state index is 15.1. The average molecular weight is 575 g/mol. The van der Waals surface area contributed by atoms with Crippen LogP contribution in [0.5, 0.6) is 0 Å². The highest BCUT2D eigenvalue weighted by molar-refractivity contribution is 6.30. The van der Waals surface area contributed by atoms with Gasteiger partial charge >= 0.3 is 6.03 Å². The summed E-state index contributed by atoms with van der Waals surface area (Å²) in [6, 6.07) is 18.5. The number of hydrogen-bond donors (Lipinski definition) is 4. The number of urea groups is 1. The molecule has 1 unspecified atom stereocenters. The van der Waals surface area contributed by atoms with Crippen molar-refractivity contribution in [1.82, 2.24) is 4.90 Å². The quantitative estimate of drug-likeness (QED) is 0.289. The molecule has 5 rings (SSSR count). The van der Waals surface area contributed by atoms with E-state index in [-0.39, 0.29) is 18.7 Å². The molecule has 212 valence electrons. The summed E-state index contributed by atoms with van der Waals surface area (Å²) < 4.78 is 15.1. The minimum absolute atomic E-state index is 0.0382. The van der Waals surface area contributed by atoms with E-state index in [0.717, 1.165) is 24.8 Å². The standard InChI is InChI=1S/C31H32ClFN6O2/c32-23-7-9-25(10-8-23)37-30(41)39-18-24(35)16-28(39)29(40)38-27-15-22(6-11-26(27)33)31(36,13-12-19-4-5-19)21-3-1-2-20(14-21)17-34/h1-3,6-11,14-15,19,24,28H,4-5,12-13,16,18,35-36H2,(H,37,41)(H,38,40)/t24-,28-,31?/m1/s1. The molecular weight excluding hydrogens is 543 g/mol. The monoisotopic (exact) mass is 574 g/mol. The predicted octanol–water partition coefficient (Wildman–Crippen LogP) is 5.32. The number of carbonyl (C=O) groups excluding carboxylic acids is 2. The van der Waals surface area contributed by atoms with Crippen LogP contribution in [0.25, 0.3) is 0 Å². The number of benzene rings is 3. The van der Waals surface area contributed by atoms with E-state index in [1.807, 2.05) is 6.07 Å². The van der Waals surface area contributed by atoms with Gasteiger partial charge in [0.1, 0.15) is 11.9 Å². The number of likely N-dealkylation sites (tertiary alicyclic amines) is 1. The van der Waals surface area contributed by atoms with Crippen LogP contribution < -0.4 is 22.1 Å². The third-order valence-electron chi connectivity index (χ3n) is 7.88. The molecule has 0 bridgehead atoms. The van der Waals surface area contributed by atoms with Gasteiger partial charge in [0.05, 0.1) is 22.9 Å². The van der Waals surface area contributed by atoms with Gasteiger partial charge in [0.2, 0.25) is 5.91 Å². The Labute approximate surface area is 243 Å². The van der Waals surface area contributed by atoms with Crippen molar-refractivity contribution < 1.29 is 14.0 Å². The van der Waals surface area contributed by atoms with Crippen molar-refractivity contribution in [2.75, 3.05) is 17.2 Å². The van der Waals surface area contributed by atoms with Crippen LogP contribution in [0, 0.1) is 23.1 Å². The summed E-state index contributed by atoms with van der Waals surface area (Å²) in [5.41, 5.74) is 14.5. The number of anilines is 2. The van der Waals surface area contributed by atoms with Gasteiger partial charge in [0.15, 0.2) is 0 Å². The topological polar surface area (TPSA) is 137 Å². The fourth-order valence-electron chi connectivity index (χ4n) is 5.34. The number of amides is 3. The van der Waals surface area contributed by atoms with Gasteiger partial charge in [-0.05, 0) is 84.8 Å². The first-order chi connectivity index (χ1) is 19.7. The number of nitrogens with two attached hydrogens (primary N) is 2. The van der Waals surface area contributed by atoms with E-state index in [2.05, 4.69) is 16.7 Å². The van der Waals surface area contributed by atoms with E-state index >= 15 is 4.39 Å². The number of carbonyl (C=O) groups is 2. The zero-order chi connectivity index (χ0) is 29.1. The molecule has 2 aliphatic rings. The van der Waals surface area contributed by atoms with Crippen molar-refractivity contribution in [3.05, 3.63) is 94.3 Å². The molecule has 8 nitrogen and oxygen atoms in total. The Morgan fingerprint density at radius 2 is 1.80 bits per heavy atom. The molecule has 3 atom stereocenters. The van der Waals surface area contributed by atoms with Crippen molar-refractivity contribution in [3.8, 4) is 6.07 Å². The van der Waals surface area contributed by atoms with E-state index in [0.29, 0.717) is 34.2 Å². The molecule has 10 heteroatoms. The van der Waals surface area contributed by atoms with Crippen LogP contribution in [0.15, 0.2) is 66.7 Å². The fraction of sp³-hybridized carbons (Fsp3) is 0.323. The molecule has 3 amide bonds. The minimum atomic E-state index is -0.997. The third kappa shape index (κ3) is 6.51. The second-order valence-corrected chi connectivity index (χ2v) is 11.4. The SMILES string of the molecule is N#Cc1cccc(C(N)(CCC2CC2)c2ccc(F)c(NC(=O)[C@H]3C[C@@H](N)CN3C(=O)Nc3ccc(Cl)cc3)c2)c1. The van der Waals surface area contributed by atoms with Gasteiger partial charge in [-0.2, -0.15) is 5.26 Å². The highest BCUT2D eigenvalue weighted by atomic mass is 35.5. The van der Waals surface area contributed by atoms with Crippen molar-refractivity contribution >= 4 is 34.9 Å². The van der Waals surface area contributed by atoms with Crippen molar-refractivity contribution in [3.63, 3.8) is 0 Å². The van der Waals surface area contributed by atoms with Gasteiger partial charge in [-0.25, -0.2) is 9.18 Å². The van der Waals surface area contributed by atoms with Gasteiger partial charge in [-0.3, -0.25) is 4.79 Å². The van der Waals surface area contributed by atoms with Gasteiger partial charge in [-0.1, -0.05) is 42.6 Å². The number of nitrogens with one attached hydrogen (secondary N) is 2. The number of halogens is 2. The molecule has 3 aromatic carbocycles. The largest absolute Gasteiger partial charge is 0.326 e. The van der Waals surface area contributed by atoms with Gasteiger partial charge in [-0.15, -0.1) is 0 Å². The number of rotatable bonds is 8. The third-order valence-corrected chi connectivity index (χ3v) is 8.13. The minimum Gasteiger partial charge on any atom is -0.326 e. The Balaban J connectivity index is 1.38. The van der Waals surface area contributed by atoms with Crippen molar-refractivity contribution in [2.24, 2.45) is 17.4 Å². The summed E-state index contributed by atoms with van der Waals surface area (Å²) in [6.45, 7) is 0.169. The summed E-state index contributed by atoms with van der Waals surface area (Å²) in [5.74, 6) is -0.572. The van der Waals surface area contributed by atoms with Crippen LogP contribution >= 0.6 is 11.6 Å². The van der Waals surface area contributed by atoms with Crippen LogP contribution in [-0.4, -0.2) is 35.5 Å². The molecule has 6 N–H and O–H groups in total. The zero-order valence-corrected chi connectivity index (χ0v) is 23.2. The second kappa shape index (κ2) is 11.9. The summed E-state index contributed by atoms with van der Waals surface area (Å²) in [5, 5.41) is 15.4. The van der Waals surface area contributed by atoms with E-state index in [4.69, 9.17) is 23.1 Å². The van der Waals surface area contributed by atoms with E-state index in [1.54, 1.807) is 54.6 Å². The first-order valence-corrected chi connectivity index (χ1v) is 14.0. The molecule has 1 aliphatic carbocycles. The zero-order valence-electron chi connectivity index (χ0n) is 22.4. The maximum Gasteiger partial charge on any atom is 0.322 e. The fourth-order valence-corrected chi connectivity index (χ4v) is 5.47. The van der Waals surface area contributed by atoms with Crippen molar-refractivity contribution in [2.45, 2.75) is 49.7 Å². The summed E-state index contributed by atoms with van der Waals surface area (Å²) in [4.78, 5) is 27.8. The number of hydrogen-bond acceptors (Lipinski definition) is 5. The van der Waals surface area contributed by atoms with E-state index in [9.17, 15) is 14.9 Å². The van der Waals surface area contributed by atoms with Gasteiger partial charge in [0, 0.05) is 23.3 Å². The van der Waals surface area contributed by atoms with Gasteiger partial charge < -0.3 is 27.0 Å². The Kier molecular flexibility index (Phi) is 8.27. The molecular formula is C31H32ClFN6O2. The lowest BCUT2D eigenvalue weighted by atomic mass is 9.79. The Morgan fingerprint density at radius 3 is 2.51 bits per heavy atom. The molecule has 1 aliphatic heterocycles. The lowest BCUT2D eigenvalue weighted by Gasteiger charge is -2.32. The summed E-state index contributed by atoms with van der Waals surface area (Å²) >= 11 is 5.93. The molecule has 0 spiro atoms. The number of nitrogens with zero attached hydrogens (tertiary/aromatic N) is 2. The smallest absolute Gasteiger partial charge is 0.322 e. The Bertz CT molecular complexity index is 1490. The Morgan fingerprint density at radius 1 is 1.07 bits per heavy atom. The lowest BCUT2D eigenvalue weighted by Crippen LogP contribution is -2.45. The van der Waals surface area contributed by atoms with Crippen molar-refractivity contribution in [1.29, 1.82) is 5.26 Å². The molecule has 2 fully saturated rings. The van der Waals surface area contributed by atoms with Gasteiger partial charge in [0.25, 0.3) is 0 Å². The molecule has 3 aromatic rings. The predicted molar refractivity (Wildman–Crippen MR) is 157 cm³/mol. The normalized spacial score (nSPS) is 19.7. The van der Waals surface area contributed by atoms with E-state index < -0.39 is 35.4 Å². The molecule has 1 saturated heterocycles. The first-order valence-electron chi connectivity index (χ1n) is 13.7. The Hall–Kier alpha value is -3.97. The maximum atomic E-state index is 15.1. The van der Waals surface area contributed by atoms with Crippen LogP contribution in [0.2, 0.25) is 5.02 Å². The number of nitriles is 1. The lowest BCUT2D eigenvalue weighted by molar-refractivity contribution is -0.119.